The molecule has 4 N–H and O–H groups in total. The van der Waals surface area contributed by atoms with Gasteiger partial charge in [0.1, 0.15) is 6.10 Å². The van der Waals surface area contributed by atoms with E-state index in [9.17, 15) is 0 Å². The van der Waals surface area contributed by atoms with Crippen LogP contribution in [0.5, 0.6) is 0 Å². The van der Waals surface area contributed by atoms with Crippen LogP contribution in [0.2, 0.25) is 0 Å². The van der Waals surface area contributed by atoms with E-state index in [0.717, 1.165) is 0 Å². The largest absolute Gasteiger partial charge is 0.395 e. The topological polar surface area (TPSA) is 66.5 Å². The van der Waals surface area contributed by atoms with Crippen LogP contribution in [0.3, 0.4) is 0 Å². The summed E-state index contributed by atoms with van der Waals surface area (Å²) >= 11 is 0. The molecule has 0 spiro atoms. The van der Waals surface area contributed by atoms with Crippen molar-refractivity contribution in [1.82, 2.24) is 0 Å². The van der Waals surface area contributed by atoms with Crippen LogP contribution in [-0.4, -0.2) is 29.0 Å². The first-order valence-corrected chi connectivity index (χ1v) is 2.23. The van der Waals surface area contributed by atoms with E-state index < -0.39 is 12.1 Å². The van der Waals surface area contributed by atoms with Crippen LogP contribution in [0.4, 0.5) is 0 Å². The third-order valence-electron chi connectivity index (χ3n) is 0.787. The summed E-state index contributed by atoms with van der Waals surface area (Å²) in [7, 11) is 0. The fourth-order valence-corrected chi connectivity index (χ4v) is 0.223. The van der Waals surface area contributed by atoms with E-state index in [-0.39, 0.29) is 6.61 Å². The number of rotatable bonds is 2. The lowest BCUT2D eigenvalue weighted by Crippen LogP contribution is -2.36. The lowest BCUT2D eigenvalue weighted by molar-refractivity contribution is 0.151. The van der Waals surface area contributed by atoms with Crippen LogP contribution in [0.25, 0.3) is 0 Å². The Morgan fingerprint density at radius 2 is 2.25 bits per heavy atom. The van der Waals surface area contributed by atoms with Crippen molar-refractivity contribution in [2.45, 2.75) is 12.1 Å². The smallest absolute Gasteiger partial charge is 0.131 e. The van der Waals surface area contributed by atoms with Crippen molar-refractivity contribution in [3.05, 3.63) is 0 Å². The predicted molar refractivity (Wildman–Crippen MR) is 29.9 cm³/mol. The Morgan fingerprint density at radius 1 is 1.75 bits per heavy atom. The average Bonchev–Trinajstić information content (AvgIpc) is 1.84. The molecule has 46 valence electrons. The van der Waals surface area contributed by atoms with Gasteiger partial charge in [0.15, 0.2) is 0 Å². The molecule has 3 heteroatoms. The zero-order chi connectivity index (χ0) is 6.57. The average molecular weight is 115 g/mol. The highest BCUT2D eigenvalue weighted by Gasteiger charge is 2.08. The first-order chi connectivity index (χ1) is 3.72. The van der Waals surface area contributed by atoms with Crippen molar-refractivity contribution >= 4 is 0 Å². The van der Waals surface area contributed by atoms with Crippen LogP contribution in [-0.2, 0) is 0 Å². The second-order valence-electron chi connectivity index (χ2n) is 1.46. The Bertz CT molecular complexity index is 97.1. The molecule has 0 aromatic rings. The molecule has 0 aliphatic heterocycles. The molecule has 0 aliphatic carbocycles. The standard InChI is InChI=1S/C5H9NO2/c1-2-5(8)4(6)3-7/h1,4-5,7-8H,3,6H2/t4-,5+/m0/s1. The summed E-state index contributed by atoms with van der Waals surface area (Å²) in [5.41, 5.74) is 5.08. The Hall–Kier alpha value is -0.560. The van der Waals surface area contributed by atoms with Crippen LogP contribution in [0.15, 0.2) is 0 Å². The fourth-order valence-electron chi connectivity index (χ4n) is 0.223. The number of nitrogens with two attached hydrogens (primary N) is 1. The van der Waals surface area contributed by atoms with E-state index in [0.29, 0.717) is 0 Å². The van der Waals surface area contributed by atoms with Gasteiger partial charge in [-0.1, -0.05) is 5.92 Å². The van der Waals surface area contributed by atoms with Crippen molar-refractivity contribution in [2.24, 2.45) is 5.73 Å². The number of aliphatic hydroxyl groups excluding tert-OH is 2. The van der Waals surface area contributed by atoms with E-state index >= 15 is 0 Å². The Morgan fingerprint density at radius 3 is 2.38 bits per heavy atom. The van der Waals surface area contributed by atoms with Gasteiger partial charge in [-0.2, -0.15) is 0 Å². The number of hydrogen-bond acceptors (Lipinski definition) is 3. The molecule has 0 unspecified atom stereocenters. The summed E-state index contributed by atoms with van der Waals surface area (Å²) in [6, 6.07) is -0.708. The molecule has 0 heterocycles. The van der Waals surface area contributed by atoms with Crippen LogP contribution < -0.4 is 5.73 Å². The van der Waals surface area contributed by atoms with Gasteiger partial charge in [-0.3, -0.25) is 0 Å². The third kappa shape index (κ3) is 1.94. The molecular weight excluding hydrogens is 106 g/mol. The van der Waals surface area contributed by atoms with Crippen LogP contribution in [0, 0.1) is 12.3 Å². The first kappa shape index (κ1) is 7.44. The molecule has 0 fully saturated rings. The molecule has 0 saturated carbocycles. The van der Waals surface area contributed by atoms with Gasteiger partial charge in [-0.25, -0.2) is 0 Å². The molecule has 3 nitrogen and oxygen atoms in total. The van der Waals surface area contributed by atoms with Gasteiger partial charge >= 0.3 is 0 Å². The summed E-state index contributed by atoms with van der Waals surface area (Å²) in [5.74, 6) is 1.99. The van der Waals surface area contributed by atoms with Crippen molar-refractivity contribution in [1.29, 1.82) is 0 Å². The Balaban J connectivity index is 3.49. The molecule has 0 bridgehead atoms. The van der Waals surface area contributed by atoms with E-state index in [2.05, 4.69) is 0 Å². The molecule has 0 rings (SSSR count). The summed E-state index contributed by atoms with van der Waals surface area (Å²) < 4.78 is 0. The highest BCUT2D eigenvalue weighted by atomic mass is 16.3. The summed E-state index contributed by atoms with van der Waals surface area (Å²) in [6.07, 6.45) is 3.73. The third-order valence-corrected chi connectivity index (χ3v) is 0.787. The maximum Gasteiger partial charge on any atom is 0.131 e. The molecule has 8 heavy (non-hydrogen) atoms. The fraction of sp³-hybridized carbons (Fsp3) is 0.600. The second-order valence-corrected chi connectivity index (χ2v) is 1.46. The zero-order valence-corrected chi connectivity index (χ0v) is 4.41. The van der Waals surface area contributed by atoms with Gasteiger partial charge in [0.05, 0.1) is 12.6 Å². The summed E-state index contributed by atoms with van der Waals surface area (Å²) in [4.78, 5) is 0. The second kappa shape index (κ2) is 3.44. The van der Waals surface area contributed by atoms with Crippen LogP contribution in [0.1, 0.15) is 0 Å². The molecule has 0 aliphatic rings. The SMILES string of the molecule is C#C[C@@H](O)[C@@H](N)CO. The van der Waals surface area contributed by atoms with Gasteiger partial charge in [-0.15, -0.1) is 6.42 Å². The zero-order valence-electron chi connectivity index (χ0n) is 4.41. The quantitative estimate of drug-likeness (QED) is 0.376. The predicted octanol–water partition coefficient (Wildman–Crippen LogP) is -1.70. The van der Waals surface area contributed by atoms with Crippen molar-refractivity contribution in [3.8, 4) is 12.3 Å². The summed E-state index contributed by atoms with van der Waals surface area (Å²) in [5, 5.41) is 16.9. The molecule has 0 saturated heterocycles. The number of terminal acetylenes is 1. The molecule has 0 amide bonds. The van der Waals surface area contributed by atoms with E-state index in [1.165, 1.54) is 0 Å². The van der Waals surface area contributed by atoms with Gasteiger partial charge in [-0.05, 0) is 0 Å². The molecule has 0 aromatic heterocycles. The lowest BCUT2D eigenvalue weighted by atomic mass is 10.2. The molecule has 2 atom stereocenters. The lowest BCUT2D eigenvalue weighted by Gasteiger charge is -2.08. The maximum absolute atomic E-state index is 8.61. The van der Waals surface area contributed by atoms with Crippen molar-refractivity contribution in [3.63, 3.8) is 0 Å². The Labute approximate surface area is 48.1 Å². The van der Waals surface area contributed by atoms with Crippen molar-refractivity contribution < 1.29 is 10.2 Å². The first-order valence-electron chi connectivity index (χ1n) is 2.23. The van der Waals surface area contributed by atoms with Crippen molar-refractivity contribution in [2.75, 3.05) is 6.61 Å². The van der Waals surface area contributed by atoms with Gasteiger partial charge in [0.2, 0.25) is 0 Å². The molecule has 0 aromatic carbocycles. The minimum Gasteiger partial charge on any atom is -0.395 e. The Kier molecular flexibility index (Phi) is 3.20. The van der Waals surface area contributed by atoms with Gasteiger partial charge < -0.3 is 15.9 Å². The van der Waals surface area contributed by atoms with Crippen LogP contribution >= 0.6 is 0 Å². The minimum atomic E-state index is -1.03. The number of aliphatic hydroxyl groups is 2. The normalized spacial score (nSPS) is 16.8. The van der Waals surface area contributed by atoms with Gasteiger partial charge in [0.25, 0.3) is 0 Å². The van der Waals surface area contributed by atoms with E-state index in [4.69, 9.17) is 22.4 Å². The highest BCUT2D eigenvalue weighted by molar-refractivity contribution is 4.98. The minimum absolute atomic E-state index is 0.286. The van der Waals surface area contributed by atoms with E-state index in [1.807, 2.05) is 5.92 Å². The highest BCUT2D eigenvalue weighted by Crippen LogP contribution is 1.83. The van der Waals surface area contributed by atoms with Gasteiger partial charge in [0, 0.05) is 0 Å². The number of hydrogen-bond donors (Lipinski definition) is 3. The molecule has 0 radical (unpaired) electrons. The molecular formula is C5H9NO2. The maximum atomic E-state index is 8.61. The van der Waals surface area contributed by atoms with E-state index in [1.54, 1.807) is 0 Å². The monoisotopic (exact) mass is 115 g/mol. The summed E-state index contributed by atoms with van der Waals surface area (Å²) in [6.45, 7) is -0.286.